The highest BCUT2D eigenvalue weighted by atomic mass is 14.9. The van der Waals surface area contributed by atoms with Gasteiger partial charge in [-0.15, -0.1) is 0 Å². The fourth-order valence-electron chi connectivity index (χ4n) is 3.09. The van der Waals surface area contributed by atoms with Crippen LogP contribution in [0.1, 0.15) is 37.4 Å². The number of benzene rings is 1. The molecular weight excluding hydrogens is 222 g/mol. The molecule has 0 unspecified atom stereocenters. The molecule has 0 atom stereocenters. The highest BCUT2D eigenvalue weighted by Crippen LogP contribution is 2.34. The minimum absolute atomic E-state index is 0.630. The molecule has 1 aromatic carbocycles. The molecule has 18 heavy (non-hydrogen) atoms. The summed E-state index contributed by atoms with van der Waals surface area (Å²) in [6.45, 7) is 1.16. The van der Waals surface area contributed by atoms with E-state index in [0.717, 1.165) is 18.0 Å². The quantitative estimate of drug-likeness (QED) is 0.870. The number of nitrogens with one attached hydrogen (secondary N) is 2. The molecule has 1 aliphatic carbocycles. The highest BCUT2D eigenvalue weighted by molar-refractivity contribution is 5.74. The van der Waals surface area contributed by atoms with Crippen LogP contribution in [-0.2, 0) is 0 Å². The van der Waals surface area contributed by atoms with Gasteiger partial charge >= 0.3 is 0 Å². The summed E-state index contributed by atoms with van der Waals surface area (Å²) in [5.41, 5.74) is 2.27. The first-order valence-corrected chi connectivity index (χ1v) is 6.96. The zero-order valence-electron chi connectivity index (χ0n) is 10.9. The van der Waals surface area contributed by atoms with Crippen molar-refractivity contribution in [3.05, 3.63) is 30.1 Å². The Morgan fingerprint density at radius 1 is 1.22 bits per heavy atom. The Balaban J connectivity index is 1.72. The zero-order valence-corrected chi connectivity index (χ0v) is 10.9. The van der Waals surface area contributed by atoms with Gasteiger partial charge in [-0.3, -0.25) is 0 Å². The molecule has 1 fully saturated rings. The third kappa shape index (κ3) is 2.27. The van der Waals surface area contributed by atoms with Gasteiger partial charge in [0.05, 0.1) is 11.0 Å². The van der Waals surface area contributed by atoms with Crippen molar-refractivity contribution in [1.82, 2.24) is 15.3 Å². The van der Waals surface area contributed by atoms with Crippen molar-refractivity contribution in [2.75, 3.05) is 13.6 Å². The molecule has 3 heteroatoms. The van der Waals surface area contributed by atoms with E-state index >= 15 is 0 Å². The first-order valence-electron chi connectivity index (χ1n) is 6.96. The summed E-state index contributed by atoms with van der Waals surface area (Å²) in [6.07, 6.45) is 5.18. The molecule has 96 valence electrons. The number of hydrogen-bond acceptors (Lipinski definition) is 2. The normalized spacial score (nSPS) is 24.5. The summed E-state index contributed by atoms with van der Waals surface area (Å²) in [5, 5.41) is 3.29. The molecule has 3 rings (SSSR count). The maximum atomic E-state index is 4.74. The van der Waals surface area contributed by atoms with Crippen LogP contribution in [0.3, 0.4) is 0 Å². The Hall–Kier alpha value is -1.35. The van der Waals surface area contributed by atoms with Crippen LogP contribution in [-0.4, -0.2) is 23.6 Å². The van der Waals surface area contributed by atoms with Crippen molar-refractivity contribution >= 4 is 11.0 Å². The van der Waals surface area contributed by atoms with E-state index in [9.17, 15) is 0 Å². The molecule has 0 aliphatic heterocycles. The van der Waals surface area contributed by atoms with Crippen molar-refractivity contribution in [2.24, 2.45) is 5.92 Å². The van der Waals surface area contributed by atoms with Gasteiger partial charge < -0.3 is 10.3 Å². The number of aromatic amines is 1. The fraction of sp³-hybridized carbons (Fsp3) is 0.533. The fourth-order valence-corrected chi connectivity index (χ4v) is 3.09. The first kappa shape index (κ1) is 11.7. The lowest BCUT2D eigenvalue weighted by Crippen LogP contribution is -2.23. The zero-order chi connectivity index (χ0) is 12.4. The lowest BCUT2D eigenvalue weighted by Gasteiger charge is -2.27. The smallest absolute Gasteiger partial charge is 0.110 e. The van der Waals surface area contributed by atoms with Crippen LogP contribution in [0.4, 0.5) is 0 Å². The number of fused-ring (bicyclic) bond motifs is 1. The standard InChI is InChI=1S/C15H21N3/c1-16-10-11-6-8-12(9-7-11)15-17-13-4-2-3-5-14(13)18-15/h2-5,11-12,16H,6-10H2,1H3,(H,17,18)/t11-,12-. The van der Waals surface area contributed by atoms with Gasteiger partial charge in [0.15, 0.2) is 0 Å². The maximum absolute atomic E-state index is 4.74. The van der Waals surface area contributed by atoms with E-state index in [-0.39, 0.29) is 0 Å². The van der Waals surface area contributed by atoms with Crippen LogP contribution in [0.25, 0.3) is 11.0 Å². The van der Waals surface area contributed by atoms with Crippen molar-refractivity contribution in [1.29, 1.82) is 0 Å². The van der Waals surface area contributed by atoms with Crippen LogP contribution in [0.2, 0.25) is 0 Å². The number of imidazole rings is 1. The van der Waals surface area contributed by atoms with Gasteiger partial charge in [0, 0.05) is 5.92 Å². The Morgan fingerprint density at radius 2 is 2.00 bits per heavy atom. The highest BCUT2D eigenvalue weighted by Gasteiger charge is 2.23. The van der Waals surface area contributed by atoms with E-state index < -0.39 is 0 Å². The van der Waals surface area contributed by atoms with Crippen LogP contribution in [0, 0.1) is 5.92 Å². The topological polar surface area (TPSA) is 40.7 Å². The van der Waals surface area contributed by atoms with E-state index in [1.54, 1.807) is 0 Å². The van der Waals surface area contributed by atoms with E-state index in [0.29, 0.717) is 5.92 Å². The average Bonchev–Trinajstić information content (AvgIpc) is 2.84. The minimum Gasteiger partial charge on any atom is -0.342 e. The molecular formula is C15H21N3. The van der Waals surface area contributed by atoms with Gasteiger partial charge in [-0.05, 0) is 57.3 Å². The molecule has 0 amide bonds. The van der Waals surface area contributed by atoms with Crippen LogP contribution in [0.5, 0.6) is 0 Å². The summed E-state index contributed by atoms with van der Waals surface area (Å²) in [6, 6.07) is 8.31. The average molecular weight is 243 g/mol. The second-order valence-corrected chi connectivity index (χ2v) is 5.41. The summed E-state index contributed by atoms with van der Waals surface area (Å²) < 4.78 is 0. The molecule has 1 aliphatic rings. The van der Waals surface area contributed by atoms with Gasteiger partial charge in [0.2, 0.25) is 0 Å². The molecule has 2 aromatic rings. The molecule has 1 aromatic heterocycles. The van der Waals surface area contributed by atoms with Gasteiger partial charge in [-0.2, -0.15) is 0 Å². The number of nitrogens with zero attached hydrogens (tertiary/aromatic N) is 1. The summed E-state index contributed by atoms with van der Waals surface area (Å²) >= 11 is 0. The van der Waals surface area contributed by atoms with E-state index in [1.807, 2.05) is 7.05 Å². The van der Waals surface area contributed by atoms with Gasteiger partial charge in [0.25, 0.3) is 0 Å². The SMILES string of the molecule is CNC[C@H]1CC[C@H](c2nc3ccccc3[nH]2)CC1. The van der Waals surface area contributed by atoms with Crippen molar-refractivity contribution in [3.8, 4) is 0 Å². The number of rotatable bonds is 3. The Labute approximate surface area is 108 Å². The van der Waals surface area contributed by atoms with Crippen LogP contribution < -0.4 is 5.32 Å². The second-order valence-electron chi connectivity index (χ2n) is 5.41. The van der Waals surface area contributed by atoms with Crippen molar-refractivity contribution in [2.45, 2.75) is 31.6 Å². The molecule has 1 saturated carbocycles. The molecule has 0 radical (unpaired) electrons. The summed E-state index contributed by atoms with van der Waals surface area (Å²) in [4.78, 5) is 8.22. The Morgan fingerprint density at radius 3 is 2.72 bits per heavy atom. The van der Waals surface area contributed by atoms with Crippen molar-refractivity contribution in [3.63, 3.8) is 0 Å². The molecule has 3 nitrogen and oxygen atoms in total. The number of hydrogen-bond donors (Lipinski definition) is 2. The van der Waals surface area contributed by atoms with Gasteiger partial charge in [-0.25, -0.2) is 4.98 Å². The molecule has 2 N–H and O–H groups in total. The third-order valence-electron chi connectivity index (χ3n) is 4.13. The molecule has 0 saturated heterocycles. The molecule has 1 heterocycles. The number of para-hydroxylation sites is 2. The second kappa shape index (κ2) is 5.11. The van der Waals surface area contributed by atoms with Crippen molar-refractivity contribution < 1.29 is 0 Å². The monoisotopic (exact) mass is 243 g/mol. The number of H-pyrrole nitrogens is 1. The third-order valence-corrected chi connectivity index (χ3v) is 4.13. The maximum Gasteiger partial charge on any atom is 0.110 e. The predicted molar refractivity (Wildman–Crippen MR) is 74.7 cm³/mol. The van der Waals surface area contributed by atoms with E-state index in [2.05, 4.69) is 34.6 Å². The first-order chi connectivity index (χ1) is 8.86. The summed E-state index contributed by atoms with van der Waals surface area (Å²) in [7, 11) is 2.05. The van der Waals surface area contributed by atoms with Gasteiger partial charge in [-0.1, -0.05) is 12.1 Å². The Bertz CT molecular complexity index is 476. The lowest BCUT2D eigenvalue weighted by molar-refractivity contribution is 0.314. The molecule has 0 spiro atoms. The van der Waals surface area contributed by atoms with E-state index in [1.165, 1.54) is 37.0 Å². The lowest BCUT2D eigenvalue weighted by atomic mass is 9.81. The molecule has 0 bridgehead atoms. The largest absolute Gasteiger partial charge is 0.342 e. The predicted octanol–water partition coefficient (Wildman–Crippen LogP) is 3.06. The van der Waals surface area contributed by atoms with Crippen LogP contribution >= 0.6 is 0 Å². The number of aromatic nitrogens is 2. The minimum atomic E-state index is 0.630. The van der Waals surface area contributed by atoms with Gasteiger partial charge in [0.1, 0.15) is 5.82 Å². The van der Waals surface area contributed by atoms with Crippen LogP contribution in [0.15, 0.2) is 24.3 Å². The summed E-state index contributed by atoms with van der Waals surface area (Å²) in [5.74, 6) is 2.68. The Kier molecular flexibility index (Phi) is 3.33. The van der Waals surface area contributed by atoms with E-state index in [4.69, 9.17) is 4.98 Å².